The van der Waals surface area contributed by atoms with Crippen molar-refractivity contribution in [1.82, 2.24) is 5.32 Å². The summed E-state index contributed by atoms with van der Waals surface area (Å²) >= 11 is 0. The zero-order valence-electron chi connectivity index (χ0n) is 11.4. The van der Waals surface area contributed by atoms with E-state index in [1.165, 1.54) is 24.3 Å². The monoisotopic (exact) mass is 297 g/mol. The normalized spacial score (nSPS) is 26.1. The van der Waals surface area contributed by atoms with Gasteiger partial charge in [-0.25, -0.2) is 0 Å². The number of carbonyl (C=O) groups excluding carboxylic acids is 1. The van der Waals surface area contributed by atoms with Gasteiger partial charge in [0.15, 0.2) is 0 Å². The number of carbonyl (C=O) groups is 1. The third-order valence-electron chi connectivity index (χ3n) is 4.37. The molecule has 0 heterocycles. The molecule has 0 aliphatic heterocycles. The summed E-state index contributed by atoms with van der Waals surface area (Å²) in [6, 6.07) is 5.29. The van der Waals surface area contributed by atoms with Crippen LogP contribution in [0.15, 0.2) is 24.3 Å². The number of benzene rings is 1. The van der Waals surface area contributed by atoms with Crippen molar-refractivity contribution < 1.29 is 23.4 Å². The molecule has 2 fully saturated rings. The van der Waals surface area contributed by atoms with Gasteiger partial charge < -0.3 is 15.2 Å². The number of nitrogens with one attached hydrogen (secondary N) is 1. The molecule has 0 unspecified atom stereocenters. The summed E-state index contributed by atoms with van der Waals surface area (Å²) in [7, 11) is 0. The molecule has 2 aliphatic rings. The van der Waals surface area contributed by atoms with Crippen LogP contribution in [0.5, 0.6) is 5.75 Å². The van der Waals surface area contributed by atoms with Gasteiger partial charge in [0.05, 0.1) is 12.1 Å². The van der Waals surface area contributed by atoms with Crippen LogP contribution in [0.2, 0.25) is 0 Å². The molecule has 2 N–H and O–H groups in total. The number of halogens is 2. The van der Waals surface area contributed by atoms with E-state index in [2.05, 4.69) is 10.1 Å². The van der Waals surface area contributed by atoms with Gasteiger partial charge in [-0.2, -0.15) is 8.78 Å². The van der Waals surface area contributed by atoms with Gasteiger partial charge >= 0.3 is 6.61 Å². The molecule has 114 valence electrons. The van der Waals surface area contributed by atoms with Crippen molar-refractivity contribution in [3.05, 3.63) is 29.8 Å². The highest BCUT2D eigenvalue weighted by Gasteiger charge is 2.52. The number of ether oxygens (including phenoxy) is 1. The molecule has 2 atom stereocenters. The van der Waals surface area contributed by atoms with E-state index in [0.717, 1.165) is 25.7 Å². The highest BCUT2D eigenvalue weighted by Crippen LogP contribution is 2.57. The predicted octanol–water partition coefficient (Wildman–Crippen LogP) is 2.32. The molecular formula is C15H17F2NO3. The Hall–Kier alpha value is -1.69. The molecule has 0 bridgehead atoms. The zero-order valence-corrected chi connectivity index (χ0v) is 11.4. The quantitative estimate of drug-likeness (QED) is 0.896. The average molecular weight is 297 g/mol. The maximum Gasteiger partial charge on any atom is 0.387 e. The van der Waals surface area contributed by atoms with Crippen LogP contribution in [0.3, 0.4) is 0 Å². The first-order chi connectivity index (χ1) is 9.97. The van der Waals surface area contributed by atoms with E-state index in [0.29, 0.717) is 5.56 Å². The molecule has 2 saturated carbocycles. The second kappa shape index (κ2) is 5.26. The Balaban J connectivity index is 1.60. The van der Waals surface area contributed by atoms with Crippen molar-refractivity contribution in [3.8, 4) is 5.75 Å². The van der Waals surface area contributed by atoms with Crippen molar-refractivity contribution in [3.63, 3.8) is 0 Å². The van der Waals surface area contributed by atoms with Crippen LogP contribution in [0.25, 0.3) is 0 Å². The second-order valence-electron chi connectivity index (χ2n) is 5.96. The van der Waals surface area contributed by atoms with Crippen LogP contribution in [0.1, 0.15) is 36.0 Å². The van der Waals surface area contributed by atoms with Gasteiger partial charge in [0.25, 0.3) is 5.91 Å². The maximum absolute atomic E-state index is 12.1. The lowest BCUT2D eigenvalue weighted by molar-refractivity contribution is -0.0498. The third kappa shape index (κ3) is 3.15. The minimum atomic E-state index is -2.88. The van der Waals surface area contributed by atoms with Gasteiger partial charge in [0, 0.05) is 5.56 Å². The van der Waals surface area contributed by atoms with Crippen LogP contribution < -0.4 is 10.1 Å². The molecule has 0 radical (unpaired) electrons. The fraction of sp³-hybridized carbons (Fsp3) is 0.533. The fourth-order valence-corrected chi connectivity index (χ4v) is 3.04. The summed E-state index contributed by atoms with van der Waals surface area (Å²) in [6.07, 6.45) is 3.30. The van der Waals surface area contributed by atoms with E-state index in [1.54, 1.807) is 0 Å². The zero-order chi connectivity index (χ0) is 15.0. The molecule has 3 rings (SSSR count). The molecule has 1 aromatic carbocycles. The maximum atomic E-state index is 12.1. The summed E-state index contributed by atoms with van der Waals surface area (Å²) in [5.41, 5.74) is 0.604. The summed E-state index contributed by atoms with van der Waals surface area (Å²) < 4.78 is 28.3. The predicted molar refractivity (Wildman–Crippen MR) is 71.2 cm³/mol. The smallest absolute Gasteiger partial charge is 0.387 e. The van der Waals surface area contributed by atoms with Crippen molar-refractivity contribution in [2.24, 2.45) is 5.41 Å². The van der Waals surface area contributed by atoms with Crippen molar-refractivity contribution in [2.75, 3.05) is 0 Å². The summed E-state index contributed by atoms with van der Waals surface area (Å²) in [4.78, 5) is 12.1. The van der Waals surface area contributed by atoms with E-state index < -0.39 is 12.7 Å². The van der Waals surface area contributed by atoms with Crippen molar-refractivity contribution >= 4 is 5.91 Å². The van der Waals surface area contributed by atoms with Crippen LogP contribution in [0.4, 0.5) is 8.78 Å². The Labute approximate surface area is 121 Å². The standard InChI is InChI=1S/C15H17F2NO3/c16-14(17)21-10-3-1-9(2-4-10)13(20)18-11-7-15(5-6-15)8-12(11)19/h1-4,11-12,14,19H,5-8H2,(H,18,20)/t11-,12-/m0/s1. The van der Waals surface area contributed by atoms with E-state index in [9.17, 15) is 18.7 Å². The molecule has 0 aromatic heterocycles. The number of amides is 1. The minimum Gasteiger partial charge on any atom is -0.435 e. The first-order valence-corrected chi connectivity index (χ1v) is 7.01. The number of hydrogen-bond acceptors (Lipinski definition) is 3. The number of aliphatic hydroxyl groups is 1. The van der Waals surface area contributed by atoms with Gasteiger partial charge in [-0.1, -0.05) is 0 Å². The third-order valence-corrected chi connectivity index (χ3v) is 4.37. The van der Waals surface area contributed by atoms with Crippen LogP contribution in [-0.2, 0) is 0 Å². The van der Waals surface area contributed by atoms with Crippen LogP contribution in [0, 0.1) is 5.41 Å². The molecule has 1 amide bonds. The van der Waals surface area contributed by atoms with Gasteiger partial charge in [-0.05, 0) is 55.4 Å². The van der Waals surface area contributed by atoms with Crippen molar-refractivity contribution in [2.45, 2.75) is 44.4 Å². The Morgan fingerprint density at radius 2 is 1.95 bits per heavy atom. The number of aliphatic hydroxyl groups excluding tert-OH is 1. The van der Waals surface area contributed by atoms with E-state index in [4.69, 9.17) is 0 Å². The van der Waals surface area contributed by atoms with E-state index in [-0.39, 0.29) is 23.1 Å². The molecule has 6 heteroatoms. The topological polar surface area (TPSA) is 58.6 Å². The molecule has 2 aliphatic carbocycles. The molecule has 1 aromatic rings. The lowest BCUT2D eigenvalue weighted by Crippen LogP contribution is -2.39. The SMILES string of the molecule is O=C(N[C@H]1CC2(CC2)C[C@@H]1O)c1ccc(OC(F)F)cc1. The minimum absolute atomic E-state index is 0.0133. The highest BCUT2D eigenvalue weighted by atomic mass is 19.3. The van der Waals surface area contributed by atoms with Crippen molar-refractivity contribution in [1.29, 1.82) is 0 Å². The lowest BCUT2D eigenvalue weighted by Gasteiger charge is -2.16. The Kier molecular flexibility index (Phi) is 3.57. The Morgan fingerprint density at radius 3 is 2.48 bits per heavy atom. The Morgan fingerprint density at radius 1 is 1.29 bits per heavy atom. The molecule has 1 spiro atoms. The van der Waals surface area contributed by atoms with Crippen LogP contribution in [-0.4, -0.2) is 29.8 Å². The van der Waals surface area contributed by atoms with Gasteiger partial charge in [-0.15, -0.1) is 0 Å². The molecular weight excluding hydrogens is 280 g/mol. The summed E-state index contributed by atoms with van der Waals surface area (Å²) in [5.74, 6) is -0.292. The average Bonchev–Trinajstić information content (AvgIpc) is 3.09. The van der Waals surface area contributed by atoms with Crippen LogP contribution >= 0.6 is 0 Å². The number of rotatable bonds is 4. The van der Waals surface area contributed by atoms with Gasteiger partial charge in [0.2, 0.25) is 0 Å². The molecule has 21 heavy (non-hydrogen) atoms. The van der Waals surface area contributed by atoms with Gasteiger partial charge in [-0.3, -0.25) is 4.79 Å². The first kappa shape index (κ1) is 14.3. The summed E-state index contributed by atoms with van der Waals surface area (Å²) in [6.45, 7) is -2.88. The first-order valence-electron chi connectivity index (χ1n) is 7.01. The van der Waals surface area contributed by atoms with E-state index in [1.807, 2.05) is 0 Å². The highest BCUT2D eigenvalue weighted by molar-refractivity contribution is 5.94. The number of alkyl halides is 2. The Bertz CT molecular complexity index is 528. The molecule has 4 nitrogen and oxygen atoms in total. The van der Waals surface area contributed by atoms with Gasteiger partial charge in [0.1, 0.15) is 5.75 Å². The fourth-order valence-electron chi connectivity index (χ4n) is 3.04. The van der Waals surface area contributed by atoms with E-state index >= 15 is 0 Å². The summed E-state index contributed by atoms with van der Waals surface area (Å²) in [5, 5.41) is 12.8. The second-order valence-corrected chi connectivity index (χ2v) is 5.96. The largest absolute Gasteiger partial charge is 0.435 e. The molecule has 0 saturated heterocycles. The number of hydrogen-bond donors (Lipinski definition) is 2. The lowest BCUT2D eigenvalue weighted by atomic mass is 10.1.